The third-order valence-electron chi connectivity index (χ3n) is 6.48. The SMILES string of the molecule is CCOC(=O)[C@H](C)Oc1c(OCC)cc(/C=N/NC(=O)c2ccc(COc3ccc(-n4c(C)ccc4C)cc3)o2)cc1[N+](=O)[O-]. The number of benzene rings is 2. The first kappa shape index (κ1) is 32.3. The lowest BCUT2D eigenvalue weighted by atomic mass is 10.1. The molecule has 1 atom stereocenters. The fourth-order valence-electron chi connectivity index (χ4n) is 4.40. The van der Waals surface area contributed by atoms with Gasteiger partial charge in [-0.25, -0.2) is 10.2 Å². The van der Waals surface area contributed by atoms with Gasteiger partial charge in [-0.2, -0.15) is 5.10 Å². The highest BCUT2D eigenvalue weighted by Crippen LogP contribution is 2.39. The van der Waals surface area contributed by atoms with E-state index < -0.39 is 28.6 Å². The fourth-order valence-corrected chi connectivity index (χ4v) is 4.40. The summed E-state index contributed by atoms with van der Waals surface area (Å²) >= 11 is 0. The lowest BCUT2D eigenvalue weighted by Gasteiger charge is -2.16. The molecule has 0 fully saturated rings. The molecule has 236 valence electrons. The van der Waals surface area contributed by atoms with E-state index in [9.17, 15) is 19.7 Å². The van der Waals surface area contributed by atoms with E-state index in [-0.39, 0.29) is 42.6 Å². The molecule has 2 aromatic heterocycles. The normalized spacial score (nSPS) is 11.7. The van der Waals surface area contributed by atoms with Crippen molar-refractivity contribution in [1.82, 2.24) is 9.99 Å². The molecule has 0 radical (unpaired) electrons. The molecule has 0 aliphatic rings. The van der Waals surface area contributed by atoms with Gasteiger partial charge in [0.1, 0.15) is 18.1 Å². The molecule has 13 nitrogen and oxygen atoms in total. The molecule has 0 spiro atoms. The lowest BCUT2D eigenvalue weighted by molar-refractivity contribution is -0.386. The summed E-state index contributed by atoms with van der Waals surface area (Å²) in [6.45, 7) is 9.23. The van der Waals surface area contributed by atoms with Crippen molar-refractivity contribution in [2.45, 2.75) is 47.3 Å². The van der Waals surface area contributed by atoms with Gasteiger partial charge in [-0.15, -0.1) is 0 Å². The Kier molecular flexibility index (Phi) is 10.6. The third-order valence-corrected chi connectivity index (χ3v) is 6.48. The van der Waals surface area contributed by atoms with Crippen molar-refractivity contribution < 1.29 is 37.9 Å². The quantitative estimate of drug-likeness (QED) is 0.0814. The summed E-state index contributed by atoms with van der Waals surface area (Å²) in [5.41, 5.74) is 5.41. The van der Waals surface area contributed by atoms with Crippen LogP contribution in [0.4, 0.5) is 5.69 Å². The average molecular weight is 619 g/mol. The van der Waals surface area contributed by atoms with E-state index in [1.54, 1.807) is 19.9 Å². The molecule has 4 rings (SSSR count). The van der Waals surface area contributed by atoms with E-state index >= 15 is 0 Å². The Hall–Kier alpha value is -5.59. The van der Waals surface area contributed by atoms with Crippen LogP contribution in [-0.4, -0.2) is 46.9 Å². The molecule has 0 saturated heterocycles. The van der Waals surface area contributed by atoms with Crippen LogP contribution in [0.3, 0.4) is 0 Å². The largest absolute Gasteiger partial charge is 0.490 e. The Morgan fingerprint density at radius 1 is 1.02 bits per heavy atom. The number of hydrogen-bond acceptors (Lipinski definition) is 10. The van der Waals surface area contributed by atoms with Crippen LogP contribution in [0.2, 0.25) is 0 Å². The number of aryl methyl sites for hydroxylation is 2. The van der Waals surface area contributed by atoms with Crippen molar-refractivity contribution in [3.8, 4) is 22.9 Å². The predicted octanol–water partition coefficient (Wildman–Crippen LogP) is 5.67. The molecule has 1 amide bonds. The van der Waals surface area contributed by atoms with Gasteiger partial charge in [0.05, 0.1) is 24.4 Å². The second kappa shape index (κ2) is 14.7. The number of amides is 1. The van der Waals surface area contributed by atoms with E-state index in [2.05, 4.69) is 27.2 Å². The molecule has 4 aromatic rings. The summed E-state index contributed by atoms with van der Waals surface area (Å²) in [5, 5.41) is 15.7. The molecule has 13 heteroatoms. The number of furan rings is 1. The van der Waals surface area contributed by atoms with Gasteiger partial charge in [-0.3, -0.25) is 14.9 Å². The summed E-state index contributed by atoms with van der Waals surface area (Å²) < 4.78 is 29.6. The standard InChI is InChI=1S/C32H34N4O9/c1-6-41-29-17-23(16-27(36(39)40)30(29)44-22(5)32(38)42-7-2)18-33-34-31(37)28-15-14-26(45-28)19-43-25-12-10-24(11-13-25)35-20(3)8-9-21(35)4/h8-18,22H,6-7,19H2,1-5H3,(H,34,37)/b33-18+/t22-/m0/s1. The van der Waals surface area contributed by atoms with Gasteiger partial charge in [0.15, 0.2) is 17.6 Å². The molecule has 0 unspecified atom stereocenters. The Labute approximate surface area is 259 Å². The first-order chi connectivity index (χ1) is 21.6. The van der Waals surface area contributed by atoms with E-state index in [1.165, 1.54) is 31.3 Å². The zero-order valence-electron chi connectivity index (χ0n) is 25.6. The Morgan fingerprint density at radius 3 is 2.38 bits per heavy atom. The minimum absolute atomic E-state index is 0.00246. The van der Waals surface area contributed by atoms with Crippen molar-refractivity contribution in [3.63, 3.8) is 0 Å². The molecule has 2 aromatic carbocycles. The Balaban J connectivity index is 1.38. The van der Waals surface area contributed by atoms with Gasteiger partial charge in [0.2, 0.25) is 5.75 Å². The molecule has 0 aliphatic carbocycles. The van der Waals surface area contributed by atoms with Crippen LogP contribution in [0.25, 0.3) is 5.69 Å². The number of nitro groups is 1. The number of nitro benzene ring substituents is 1. The number of aromatic nitrogens is 1. The maximum absolute atomic E-state index is 12.6. The number of carbonyl (C=O) groups is 2. The number of carbonyl (C=O) groups excluding carboxylic acids is 2. The lowest BCUT2D eigenvalue weighted by Crippen LogP contribution is -2.26. The molecular formula is C32H34N4O9. The first-order valence-electron chi connectivity index (χ1n) is 14.2. The van der Waals surface area contributed by atoms with Crippen LogP contribution in [0.5, 0.6) is 17.2 Å². The Bertz CT molecular complexity index is 1670. The van der Waals surface area contributed by atoms with Crippen LogP contribution < -0.4 is 19.6 Å². The smallest absolute Gasteiger partial charge is 0.347 e. The molecule has 45 heavy (non-hydrogen) atoms. The minimum Gasteiger partial charge on any atom is -0.490 e. The van der Waals surface area contributed by atoms with Gasteiger partial charge in [-0.1, -0.05) is 0 Å². The van der Waals surface area contributed by atoms with Crippen molar-refractivity contribution in [2.24, 2.45) is 5.10 Å². The topological polar surface area (TPSA) is 157 Å². The number of rotatable bonds is 14. The van der Waals surface area contributed by atoms with Crippen LogP contribution in [-0.2, 0) is 16.1 Å². The van der Waals surface area contributed by atoms with E-state index in [0.717, 1.165) is 17.1 Å². The van der Waals surface area contributed by atoms with Crippen molar-refractivity contribution in [1.29, 1.82) is 0 Å². The van der Waals surface area contributed by atoms with Crippen LogP contribution >= 0.6 is 0 Å². The maximum atomic E-state index is 12.6. The first-order valence-corrected chi connectivity index (χ1v) is 14.2. The van der Waals surface area contributed by atoms with Gasteiger partial charge in [0, 0.05) is 28.7 Å². The van der Waals surface area contributed by atoms with Crippen molar-refractivity contribution in [2.75, 3.05) is 13.2 Å². The molecule has 1 N–H and O–H groups in total. The average Bonchev–Trinajstić information content (AvgIpc) is 3.63. The van der Waals surface area contributed by atoms with Crippen LogP contribution in [0.15, 0.2) is 70.2 Å². The monoisotopic (exact) mass is 618 g/mol. The number of nitrogens with zero attached hydrogens (tertiary/aromatic N) is 3. The van der Waals surface area contributed by atoms with Gasteiger partial charge in [0.25, 0.3) is 0 Å². The second-order valence-corrected chi connectivity index (χ2v) is 9.77. The van der Waals surface area contributed by atoms with Gasteiger partial charge >= 0.3 is 17.6 Å². The maximum Gasteiger partial charge on any atom is 0.347 e. The van der Waals surface area contributed by atoms with Gasteiger partial charge in [-0.05, 0) is 89.2 Å². The molecule has 2 heterocycles. The number of esters is 1. The van der Waals surface area contributed by atoms with E-state index in [0.29, 0.717) is 11.5 Å². The number of nitrogens with one attached hydrogen (secondary N) is 1. The molecule has 0 aliphatic heterocycles. The highest BCUT2D eigenvalue weighted by Gasteiger charge is 2.27. The van der Waals surface area contributed by atoms with Gasteiger partial charge < -0.3 is 27.9 Å². The zero-order valence-corrected chi connectivity index (χ0v) is 25.6. The fraction of sp³-hybridized carbons (Fsp3) is 0.281. The van der Waals surface area contributed by atoms with Crippen LogP contribution in [0, 0.1) is 24.0 Å². The number of hydrazone groups is 1. The van der Waals surface area contributed by atoms with E-state index in [4.69, 9.17) is 23.4 Å². The minimum atomic E-state index is -1.12. The molecule has 0 saturated carbocycles. The number of ether oxygens (including phenoxy) is 4. The summed E-state index contributed by atoms with van der Waals surface area (Å²) in [5.74, 6) is -0.454. The third kappa shape index (κ3) is 8.07. The molecular weight excluding hydrogens is 584 g/mol. The summed E-state index contributed by atoms with van der Waals surface area (Å²) in [6.07, 6.45) is 0.0915. The predicted molar refractivity (Wildman–Crippen MR) is 164 cm³/mol. The Morgan fingerprint density at radius 2 is 1.73 bits per heavy atom. The highest BCUT2D eigenvalue weighted by molar-refractivity contribution is 5.92. The summed E-state index contributed by atoms with van der Waals surface area (Å²) in [4.78, 5) is 35.8. The van der Waals surface area contributed by atoms with Crippen LogP contribution in [0.1, 0.15) is 54.0 Å². The molecule has 0 bridgehead atoms. The zero-order chi connectivity index (χ0) is 32.5. The number of hydrogen-bond donors (Lipinski definition) is 1. The van der Waals surface area contributed by atoms with Crippen molar-refractivity contribution in [3.05, 3.63) is 99.2 Å². The highest BCUT2D eigenvalue weighted by atomic mass is 16.6. The summed E-state index contributed by atoms with van der Waals surface area (Å²) in [7, 11) is 0. The van der Waals surface area contributed by atoms with E-state index in [1.807, 2.05) is 38.1 Å². The summed E-state index contributed by atoms with van der Waals surface area (Å²) in [6, 6.07) is 17.5. The second-order valence-electron chi connectivity index (χ2n) is 9.77. The van der Waals surface area contributed by atoms with Crippen molar-refractivity contribution >= 4 is 23.8 Å².